The Hall–Kier alpha value is 1.40. The number of hydrogen-bond donors (Lipinski definition) is 4. The van der Waals surface area contributed by atoms with E-state index >= 15 is 0 Å². The highest BCUT2D eigenvalue weighted by Gasteiger charge is 2.11. The molecule has 0 aromatic carbocycles. The molecule has 0 aromatic rings. The summed E-state index contributed by atoms with van der Waals surface area (Å²) in [4.78, 5) is 0. The average molecular weight is 257 g/mol. The first-order valence-electron chi connectivity index (χ1n) is 4.80. The third-order valence-electron chi connectivity index (χ3n) is 2.04. The van der Waals surface area contributed by atoms with Gasteiger partial charge in [0, 0.05) is 16.3 Å². The Morgan fingerprint density at radius 2 is 1.38 bits per heavy atom. The van der Waals surface area contributed by atoms with Gasteiger partial charge in [-0.2, -0.15) is 50.5 Å². The summed E-state index contributed by atoms with van der Waals surface area (Å²) in [5.41, 5.74) is 0. The molecule has 0 saturated heterocycles. The second kappa shape index (κ2) is 9.94. The fourth-order valence-corrected chi connectivity index (χ4v) is 2.21. The SMILES string of the molecule is SCCCCCCC(S)C(S)CS. The second-order valence-corrected chi connectivity index (χ2v) is 5.38. The maximum Gasteiger partial charge on any atom is 0.0221 e. The summed E-state index contributed by atoms with van der Waals surface area (Å²) in [6, 6.07) is 0. The first-order valence-corrected chi connectivity index (χ1v) is 7.10. The van der Waals surface area contributed by atoms with Gasteiger partial charge >= 0.3 is 0 Å². The van der Waals surface area contributed by atoms with Gasteiger partial charge in [-0.3, -0.25) is 0 Å². The van der Waals surface area contributed by atoms with Gasteiger partial charge in [-0.25, -0.2) is 0 Å². The molecule has 0 nitrogen and oxygen atoms in total. The molecule has 0 saturated carbocycles. The van der Waals surface area contributed by atoms with Crippen molar-refractivity contribution in [1.82, 2.24) is 0 Å². The highest BCUT2D eigenvalue weighted by Crippen LogP contribution is 2.17. The van der Waals surface area contributed by atoms with Crippen molar-refractivity contribution in [2.45, 2.75) is 42.6 Å². The Balaban J connectivity index is 3.21. The van der Waals surface area contributed by atoms with Crippen LogP contribution in [0.3, 0.4) is 0 Å². The van der Waals surface area contributed by atoms with Crippen LogP contribution in [-0.4, -0.2) is 22.0 Å². The molecule has 0 rings (SSSR count). The normalized spacial score (nSPS) is 15.7. The third-order valence-corrected chi connectivity index (χ3v) is 4.43. The Morgan fingerprint density at radius 3 is 1.92 bits per heavy atom. The zero-order chi connectivity index (χ0) is 10.1. The number of hydrogen-bond acceptors (Lipinski definition) is 4. The van der Waals surface area contributed by atoms with E-state index in [1.54, 1.807) is 0 Å². The van der Waals surface area contributed by atoms with E-state index in [2.05, 4.69) is 50.5 Å². The highest BCUT2D eigenvalue weighted by molar-refractivity contribution is 7.87. The van der Waals surface area contributed by atoms with Gasteiger partial charge in [0.25, 0.3) is 0 Å². The molecule has 0 heterocycles. The van der Waals surface area contributed by atoms with Gasteiger partial charge in [-0.1, -0.05) is 19.3 Å². The lowest BCUT2D eigenvalue weighted by Crippen LogP contribution is -2.16. The topological polar surface area (TPSA) is 0 Å². The summed E-state index contributed by atoms with van der Waals surface area (Å²) in [7, 11) is 0. The summed E-state index contributed by atoms with van der Waals surface area (Å²) in [5, 5.41) is 0.730. The van der Waals surface area contributed by atoms with Crippen molar-refractivity contribution >= 4 is 50.5 Å². The van der Waals surface area contributed by atoms with E-state index in [1.807, 2.05) is 0 Å². The van der Waals surface area contributed by atoms with Crippen LogP contribution in [0.25, 0.3) is 0 Å². The minimum Gasteiger partial charge on any atom is -0.179 e. The lowest BCUT2D eigenvalue weighted by Gasteiger charge is -2.15. The largest absolute Gasteiger partial charge is 0.179 e. The van der Waals surface area contributed by atoms with Gasteiger partial charge in [0.15, 0.2) is 0 Å². The quantitative estimate of drug-likeness (QED) is 0.371. The van der Waals surface area contributed by atoms with Crippen LogP contribution in [0.1, 0.15) is 32.1 Å². The fraction of sp³-hybridized carbons (Fsp3) is 1.00. The van der Waals surface area contributed by atoms with E-state index in [-0.39, 0.29) is 0 Å². The molecule has 0 spiro atoms. The number of unbranched alkanes of at least 4 members (excludes halogenated alkanes) is 3. The van der Waals surface area contributed by atoms with Gasteiger partial charge in [-0.15, -0.1) is 0 Å². The molecular formula is C9H20S4. The van der Waals surface area contributed by atoms with Crippen LogP contribution in [0.2, 0.25) is 0 Å². The minimum absolute atomic E-state index is 0.330. The number of thiol groups is 4. The Kier molecular flexibility index (Phi) is 11.0. The molecule has 4 heteroatoms. The minimum atomic E-state index is 0.330. The summed E-state index contributed by atoms with van der Waals surface area (Å²) in [6.45, 7) is 0. The van der Waals surface area contributed by atoms with E-state index in [9.17, 15) is 0 Å². The van der Waals surface area contributed by atoms with Crippen molar-refractivity contribution in [3.05, 3.63) is 0 Å². The van der Waals surface area contributed by atoms with Crippen LogP contribution in [0.4, 0.5) is 0 Å². The fourth-order valence-electron chi connectivity index (χ4n) is 1.13. The van der Waals surface area contributed by atoms with E-state index in [1.165, 1.54) is 25.7 Å². The average Bonchev–Trinajstić information content (AvgIpc) is 2.16. The first kappa shape index (κ1) is 14.4. The molecule has 2 atom stereocenters. The summed E-state index contributed by atoms with van der Waals surface area (Å²) in [5.74, 6) is 1.82. The maximum absolute atomic E-state index is 4.49. The van der Waals surface area contributed by atoms with Crippen molar-refractivity contribution in [2.24, 2.45) is 0 Å². The maximum atomic E-state index is 4.49. The predicted octanol–water partition coefficient (Wildman–Crippen LogP) is 3.39. The molecule has 0 bridgehead atoms. The van der Waals surface area contributed by atoms with E-state index in [0.717, 1.165) is 17.9 Å². The molecule has 0 radical (unpaired) electrons. The lowest BCUT2D eigenvalue weighted by atomic mass is 10.1. The van der Waals surface area contributed by atoms with Gasteiger partial charge in [0.1, 0.15) is 0 Å². The van der Waals surface area contributed by atoms with E-state index in [0.29, 0.717) is 10.5 Å². The zero-order valence-electron chi connectivity index (χ0n) is 7.89. The van der Waals surface area contributed by atoms with E-state index in [4.69, 9.17) is 0 Å². The second-order valence-electron chi connectivity index (χ2n) is 3.24. The van der Waals surface area contributed by atoms with Crippen LogP contribution in [-0.2, 0) is 0 Å². The molecule has 0 fully saturated rings. The molecule has 0 aliphatic rings. The molecule has 0 N–H and O–H groups in total. The Bertz CT molecular complexity index is 108. The van der Waals surface area contributed by atoms with E-state index < -0.39 is 0 Å². The Labute approximate surface area is 104 Å². The van der Waals surface area contributed by atoms with Crippen LogP contribution in [0.15, 0.2) is 0 Å². The third kappa shape index (κ3) is 8.40. The molecule has 0 aliphatic heterocycles. The van der Waals surface area contributed by atoms with Crippen LogP contribution in [0, 0.1) is 0 Å². The standard InChI is InChI=1S/C9H20S4/c10-6-4-2-1-3-5-8(12)9(13)7-11/h8-13H,1-7H2. The predicted molar refractivity (Wildman–Crippen MR) is 76.3 cm³/mol. The van der Waals surface area contributed by atoms with Crippen LogP contribution in [0.5, 0.6) is 0 Å². The lowest BCUT2D eigenvalue weighted by molar-refractivity contribution is 0.620. The smallest absolute Gasteiger partial charge is 0.0221 e. The summed E-state index contributed by atoms with van der Waals surface area (Å²) < 4.78 is 0. The van der Waals surface area contributed by atoms with Gasteiger partial charge in [0.05, 0.1) is 0 Å². The summed E-state index contributed by atoms with van der Waals surface area (Å²) in [6.07, 6.45) is 6.24. The van der Waals surface area contributed by atoms with Gasteiger partial charge in [-0.05, 0) is 18.6 Å². The highest BCUT2D eigenvalue weighted by atomic mass is 32.1. The summed E-state index contributed by atoms with van der Waals surface area (Å²) >= 11 is 17.3. The monoisotopic (exact) mass is 256 g/mol. The van der Waals surface area contributed by atoms with Crippen molar-refractivity contribution < 1.29 is 0 Å². The van der Waals surface area contributed by atoms with Crippen LogP contribution < -0.4 is 0 Å². The molecule has 0 aliphatic carbocycles. The molecule has 0 aromatic heterocycles. The first-order chi connectivity index (χ1) is 6.22. The van der Waals surface area contributed by atoms with Crippen molar-refractivity contribution in [3.63, 3.8) is 0 Å². The van der Waals surface area contributed by atoms with Crippen molar-refractivity contribution in [3.8, 4) is 0 Å². The van der Waals surface area contributed by atoms with Gasteiger partial charge < -0.3 is 0 Å². The van der Waals surface area contributed by atoms with Crippen molar-refractivity contribution in [2.75, 3.05) is 11.5 Å². The van der Waals surface area contributed by atoms with Crippen molar-refractivity contribution in [1.29, 1.82) is 0 Å². The molecule has 0 amide bonds. The molecule has 2 unspecified atom stereocenters. The molecule has 13 heavy (non-hydrogen) atoms. The van der Waals surface area contributed by atoms with Crippen LogP contribution >= 0.6 is 50.5 Å². The Morgan fingerprint density at radius 1 is 0.769 bits per heavy atom. The van der Waals surface area contributed by atoms with Gasteiger partial charge in [0.2, 0.25) is 0 Å². The molecule has 80 valence electrons. The zero-order valence-corrected chi connectivity index (χ0v) is 11.5. The number of rotatable bonds is 8. The molecular weight excluding hydrogens is 236 g/mol.